The topological polar surface area (TPSA) is 145 Å². The van der Waals surface area contributed by atoms with E-state index in [1.54, 1.807) is 26.0 Å². The highest BCUT2D eigenvalue weighted by molar-refractivity contribution is 7.89. The lowest BCUT2D eigenvalue weighted by atomic mass is 10.1. The molecule has 0 radical (unpaired) electrons. The summed E-state index contributed by atoms with van der Waals surface area (Å²) in [5.74, 6) is -1.03. The van der Waals surface area contributed by atoms with Crippen molar-refractivity contribution in [3.63, 3.8) is 0 Å². The van der Waals surface area contributed by atoms with Crippen molar-refractivity contribution in [1.82, 2.24) is 19.8 Å². The molecule has 0 spiro atoms. The molecule has 4 rings (SSSR count). The molecule has 3 aromatic carbocycles. The Labute approximate surface area is 263 Å². The van der Waals surface area contributed by atoms with Crippen LogP contribution in [0.5, 0.6) is 11.6 Å². The third-order valence-electron chi connectivity index (χ3n) is 7.40. The van der Waals surface area contributed by atoms with Gasteiger partial charge in [0.15, 0.2) is 5.69 Å². The average molecular weight is 660 g/mol. The van der Waals surface area contributed by atoms with Crippen LogP contribution in [0, 0.1) is 30.9 Å². The highest BCUT2D eigenvalue weighted by atomic mass is 32.2. The van der Waals surface area contributed by atoms with Gasteiger partial charge in [-0.2, -0.15) is 23.0 Å². The molecule has 0 saturated heterocycles. The lowest BCUT2D eigenvalue weighted by Gasteiger charge is -2.17. The molecule has 0 aliphatic carbocycles. The van der Waals surface area contributed by atoms with Gasteiger partial charge in [-0.05, 0) is 75.1 Å². The second kappa shape index (κ2) is 13.3. The third-order valence-corrected chi connectivity index (χ3v) is 9.01. The molecule has 1 amide bonds. The van der Waals surface area contributed by atoms with Gasteiger partial charge in [-0.3, -0.25) is 14.9 Å². The van der Waals surface area contributed by atoms with E-state index in [-0.39, 0.29) is 35.0 Å². The highest BCUT2D eigenvalue weighted by Gasteiger charge is 2.31. The van der Waals surface area contributed by atoms with Gasteiger partial charge in [0.05, 0.1) is 16.2 Å². The Morgan fingerprint density at radius 1 is 1.07 bits per heavy atom. The Bertz CT molecular complexity index is 1910. The van der Waals surface area contributed by atoms with Crippen molar-refractivity contribution >= 4 is 21.6 Å². The molecule has 11 nitrogen and oxygen atoms in total. The van der Waals surface area contributed by atoms with E-state index in [9.17, 15) is 36.5 Å². The maximum Gasteiger partial charge on any atom is 0.416 e. The molecule has 0 aliphatic rings. The molecule has 4 aromatic rings. The smallest absolute Gasteiger partial charge is 0.416 e. The average Bonchev–Trinajstić information content (AvgIpc) is 3.32. The van der Waals surface area contributed by atoms with Gasteiger partial charge >= 0.3 is 6.18 Å². The van der Waals surface area contributed by atoms with Gasteiger partial charge < -0.3 is 10.1 Å². The summed E-state index contributed by atoms with van der Waals surface area (Å²) in [5, 5.41) is 18.6. The van der Waals surface area contributed by atoms with Crippen LogP contribution < -0.4 is 14.8 Å². The first kappa shape index (κ1) is 34.1. The van der Waals surface area contributed by atoms with E-state index in [4.69, 9.17) is 4.74 Å². The number of nitro benzene ring substituents is 1. The summed E-state index contributed by atoms with van der Waals surface area (Å²) < 4.78 is 76.3. The maximum atomic E-state index is 13.4. The number of benzene rings is 3. The number of sulfonamides is 1. The molecule has 46 heavy (non-hydrogen) atoms. The normalized spacial score (nSPS) is 12.5. The van der Waals surface area contributed by atoms with Crippen LogP contribution in [0.4, 0.5) is 18.9 Å². The van der Waals surface area contributed by atoms with Crippen LogP contribution in [0.25, 0.3) is 5.69 Å². The molecule has 15 heteroatoms. The molecule has 1 heterocycles. The predicted molar refractivity (Wildman–Crippen MR) is 164 cm³/mol. The van der Waals surface area contributed by atoms with Crippen LogP contribution in [0.1, 0.15) is 58.6 Å². The number of hydrogen-bond donors (Lipinski definition) is 2. The first-order valence-corrected chi connectivity index (χ1v) is 15.6. The number of amides is 1. The number of nitrogens with zero attached hydrogens (tertiary/aromatic N) is 3. The van der Waals surface area contributed by atoms with E-state index in [0.717, 1.165) is 41.5 Å². The van der Waals surface area contributed by atoms with Crippen molar-refractivity contribution in [1.29, 1.82) is 0 Å². The molecule has 244 valence electrons. The van der Waals surface area contributed by atoms with Gasteiger partial charge in [0, 0.05) is 30.3 Å². The van der Waals surface area contributed by atoms with E-state index in [1.165, 1.54) is 23.7 Å². The molecule has 1 aromatic heterocycles. The summed E-state index contributed by atoms with van der Waals surface area (Å²) in [6.45, 7) is 8.36. The number of halogens is 3. The number of carbonyl (C=O) groups excluding carboxylic acids is 1. The maximum absolute atomic E-state index is 13.4. The fourth-order valence-corrected chi connectivity index (χ4v) is 5.96. The molecular weight excluding hydrogens is 627 g/mol. The quantitative estimate of drug-likeness (QED) is 0.138. The van der Waals surface area contributed by atoms with Crippen LogP contribution >= 0.6 is 0 Å². The monoisotopic (exact) mass is 659 g/mol. The summed E-state index contributed by atoms with van der Waals surface area (Å²) in [6.07, 6.45) is -4.11. The first-order chi connectivity index (χ1) is 21.5. The van der Waals surface area contributed by atoms with Crippen molar-refractivity contribution < 1.29 is 36.0 Å². The molecule has 0 saturated carbocycles. The van der Waals surface area contributed by atoms with E-state index in [0.29, 0.717) is 12.1 Å². The summed E-state index contributed by atoms with van der Waals surface area (Å²) in [5.41, 5.74) is 1.06. The van der Waals surface area contributed by atoms with Gasteiger partial charge in [-0.25, -0.2) is 13.1 Å². The lowest BCUT2D eigenvalue weighted by molar-refractivity contribution is -0.385. The zero-order chi connectivity index (χ0) is 34.0. The zero-order valence-corrected chi connectivity index (χ0v) is 26.4. The minimum atomic E-state index is -4.55. The van der Waals surface area contributed by atoms with Crippen molar-refractivity contribution in [2.75, 3.05) is 0 Å². The number of rotatable bonds is 11. The Balaban J connectivity index is 1.81. The van der Waals surface area contributed by atoms with Gasteiger partial charge in [0.2, 0.25) is 15.9 Å². The van der Waals surface area contributed by atoms with Crippen LogP contribution in [-0.4, -0.2) is 35.1 Å². The van der Waals surface area contributed by atoms with Crippen LogP contribution in [0.2, 0.25) is 0 Å². The molecule has 0 fully saturated rings. The second-order valence-corrected chi connectivity index (χ2v) is 12.4. The molecule has 0 unspecified atom stereocenters. The summed E-state index contributed by atoms with van der Waals surface area (Å²) >= 11 is 0. The number of carbonyl (C=O) groups is 1. The Kier molecular flexibility index (Phi) is 9.87. The molecule has 2 N–H and O–H groups in total. The predicted octanol–water partition coefficient (Wildman–Crippen LogP) is 6.52. The second-order valence-electron chi connectivity index (χ2n) is 10.7. The summed E-state index contributed by atoms with van der Waals surface area (Å²) in [6, 6.07) is 12.5. The number of nitro groups is 1. The number of nitrogens with one attached hydrogen (secondary N) is 2. The van der Waals surface area contributed by atoms with E-state index in [2.05, 4.69) is 15.1 Å². The van der Waals surface area contributed by atoms with Crippen molar-refractivity contribution in [2.45, 2.75) is 64.7 Å². The number of hydrogen-bond acceptors (Lipinski definition) is 7. The molecule has 0 aliphatic heterocycles. The fraction of sp³-hybridized carbons (Fsp3) is 0.290. The minimum absolute atomic E-state index is 0.0493. The Morgan fingerprint density at radius 2 is 1.76 bits per heavy atom. The van der Waals surface area contributed by atoms with Crippen LogP contribution in [-0.2, 0) is 22.7 Å². The molecule has 0 bridgehead atoms. The third kappa shape index (κ3) is 7.37. The molecule has 1 atom stereocenters. The summed E-state index contributed by atoms with van der Waals surface area (Å²) in [7, 11) is -4.31. The largest absolute Gasteiger partial charge is 0.437 e. The Hall–Kier alpha value is -4.76. The van der Waals surface area contributed by atoms with Gasteiger partial charge in [0.1, 0.15) is 10.6 Å². The number of non-ortho nitro benzene ring substituents is 1. The highest BCUT2D eigenvalue weighted by Crippen LogP contribution is 2.37. The zero-order valence-electron chi connectivity index (χ0n) is 25.6. The lowest BCUT2D eigenvalue weighted by Crippen LogP contribution is -2.32. The SMILES string of the molecule is CC[C@H](C)NS(=O)(=O)c1cc([N+](=O)[O-])ccc1Oc1c(C)c(C(=O)NCc2cccc(C(F)(F)F)c2)nn1-c1cccc(C)c1C. The van der Waals surface area contributed by atoms with Crippen molar-refractivity contribution in [2.24, 2.45) is 0 Å². The summed E-state index contributed by atoms with van der Waals surface area (Å²) in [4.78, 5) is 23.7. The number of aromatic nitrogens is 2. The molecular formula is C31H32F3N5O6S. The van der Waals surface area contributed by atoms with E-state index >= 15 is 0 Å². The van der Waals surface area contributed by atoms with E-state index in [1.807, 2.05) is 19.9 Å². The van der Waals surface area contributed by atoms with Crippen molar-refractivity contribution in [3.8, 4) is 17.3 Å². The number of ether oxygens (including phenoxy) is 1. The van der Waals surface area contributed by atoms with Gasteiger partial charge in [0.25, 0.3) is 11.6 Å². The Morgan fingerprint density at radius 3 is 2.41 bits per heavy atom. The van der Waals surface area contributed by atoms with Crippen LogP contribution in [0.15, 0.2) is 65.6 Å². The number of alkyl halides is 3. The number of aryl methyl sites for hydroxylation is 1. The van der Waals surface area contributed by atoms with Crippen molar-refractivity contribution in [3.05, 3.63) is 104 Å². The first-order valence-electron chi connectivity index (χ1n) is 14.1. The standard InChI is InChI=1S/C31H32F3N5O6S/c1-6-19(3)37-46(43,44)27-16-24(39(41)42)13-14-26(27)45-30-21(5)28(36-38(30)25-12-7-9-18(2)20(25)4)29(40)35-17-22-10-8-11-23(15-22)31(32,33)34/h7-16,19,37H,6,17H2,1-5H3,(H,35,40)/t19-/m0/s1. The fourth-order valence-electron chi connectivity index (χ4n) is 4.49. The van der Waals surface area contributed by atoms with Crippen LogP contribution in [0.3, 0.4) is 0 Å². The van der Waals surface area contributed by atoms with Gasteiger partial charge in [-0.15, -0.1) is 0 Å². The van der Waals surface area contributed by atoms with E-state index < -0.39 is 49.2 Å². The van der Waals surface area contributed by atoms with Gasteiger partial charge in [-0.1, -0.05) is 31.2 Å². The minimum Gasteiger partial charge on any atom is -0.437 e.